The van der Waals surface area contributed by atoms with Gasteiger partial charge in [-0.3, -0.25) is 0 Å². The Labute approximate surface area is 68.1 Å². The van der Waals surface area contributed by atoms with Crippen molar-refractivity contribution in [3.05, 3.63) is 23.4 Å². The van der Waals surface area contributed by atoms with Gasteiger partial charge in [0.05, 0.1) is 12.2 Å². The van der Waals surface area contributed by atoms with Gasteiger partial charge in [0.25, 0.3) is 0 Å². The van der Waals surface area contributed by atoms with Crippen LogP contribution in [0.5, 0.6) is 0 Å². The molecule has 0 fully saturated rings. The molecule has 0 atom stereocenters. The second-order valence-corrected chi connectivity index (χ2v) is 2.35. The molecule has 0 bridgehead atoms. The highest BCUT2D eigenvalue weighted by molar-refractivity contribution is 5.98. The molecule has 0 aliphatic carbocycles. The van der Waals surface area contributed by atoms with Crippen molar-refractivity contribution in [1.82, 2.24) is 5.32 Å². The van der Waals surface area contributed by atoms with E-state index in [1.54, 1.807) is 0 Å². The van der Waals surface area contributed by atoms with E-state index in [1.807, 2.05) is 0 Å². The van der Waals surface area contributed by atoms with E-state index in [4.69, 9.17) is 5.21 Å². The van der Waals surface area contributed by atoms with Crippen molar-refractivity contribution in [2.45, 2.75) is 6.92 Å². The van der Waals surface area contributed by atoms with E-state index in [0.717, 1.165) is 6.08 Å². The normalized spacial score (nSPS) is 18.9. The summed E-state index contributed by atoms with van der Waals surface area (Å²) in [6.45, 7) is 1.34. The molecule has 0 saturated heterocycles. The number of nitrogens with zero attached hydrogens (tertiary/aromatic N) is 1. The van der Waals surface area contributed by atoms with Crippen LogP contribution in [-0.2, 0) is 0 Å². The Bertz CT molecular complexity index is 281. The molecule has 1 aliphatic rings. The minimum absolute atomic E-state index is 0.0268. The van der Waals surface area contributed by atoms with E-state index in [2.05, 4.69) is 10.5 Å². The fourth-order valence-corrected chi connectivity index (χ4v) is 0.869. The quantitative estimate of drug-likeness (QED) is 0.359. The van der Waals surface area contributed by atoms with Crippen LogP contribution in [0.15, 0.2) is 28.6 Å². The molecule has 1 aliphatic heterocycles. The Morgan fingerprint density at radius 2 is 2.33 bits per heavy atom. The lowest BCUT2D eigenvalue weighted by molar-refractivity contribution is 0.318. The van der Waals surface area contributed by atoms with E-state index >= 15 is 0 Å². The van der Waals surface area contributed by atoms with Crippen LogP contribution in [0.3, 0.4) is 0 Å². The summed E-state index contributed by atoms with van der Waals surface area (Å²) < 4.78 is 25.2. The fourth-order valence-electron chi connectivity index (χ4n) is 0.869. The number of hydrogen-bond donors (Lipinski definition) is 2. The number of rotatable bonds is 1. The fraction of sp³-hybridized carbons (Fsp3) is 0.286. The predicted octanol–water partition coefficient (Wildman–Crippen LogP) is 1.47. The molecule has 0 unspecified atom stereocenters. The van der Waals surface area contributed by atoms with Crippen molar-refractivity contribution in [3.63, 3.8) is 0 Å². The molecule has 1 heterocycles. The number of oxime groups is 1. The zero-order valence-corrected chi connectivity index (χ0v) is 6.43. The van der Waals surface area contributed by atoms with E-state index in [1.165, 1.54) is 6.92 Å². The summed E-state index contributed by atoms with van der Waals surface area (Å²) in [7, 11) is 0. The van der Waals surface area contributed by atoms with Gasteiger partial charge in [-0.2, -0.15) is 0 Å². The van der Waals surface area contributed by atoms with Crippen molar-refractivity contribution in [2.24, 2.45) is 5.16 Å². The number of halogens is 2. The van der Waals surface area contributed by atoms with Crippen LogP contribution in [0.2, 0.25) is 0 Å². The van der Waals surface area contributed by atoms with Crippen molar-refractivity contribution < 1.29 is 14.0 Å². The average molecular weight is 174 g/mol. The van der Waals surface area contributed by atoms with Gasteiger partial charge in [-0.15, -0.1) is 0 Å². The summed E-state index contributed by atoms with van der Waals surface area (Å²) >= 11 is 0. The molecule has 0 aromatic carbocycles. The average Bonchev–Trinajstić information content (AvgIpc) is 2.03. The first kappa shape index (κ1) is 8.70. The first-order chi connectivity index (χ1) is 5.65. The van der Waals surface area contributed by atoms with Gasteiger partial charge < -0.3 is 10.5 Å². The highest BCUT2D eigenvalue weighted by Gasteiger charge is 2.14. The SMILES string of the molecule is CC(=NO)C1=C(F)C=C(F)CN1. The zero-order valence-electron chi connectivity index (χ0n) is 6.43. The molecule has 0 aromatic heterocycles. The van der Waals surface area contributed by atoms with Gasteiger partial charge in [-0.25, -0.2) is 8.78 Å². The largest absolute Gasteiger partial charge is 0.411 e. The first-order valence-electron chi connectivity index (χ1n) is 3.34. The van der Waals surface area contributed by atoms with Crippen molar-refractivity contribution >= 4 is 5.71 Å². The highest BCUT2D eigenvalue weighted by atomic mass is 19.1. The van der Waals surface area contributed by atoms with Crippen LogP contribution in [0.1, 0.15) is 6.92 Å². The van der Waals surface area contributed by atoms with Crippen LogP contribution in [0.25, 0.3) is 0 Å². The summed E-state index contributed by atoms with van der Waals surface area (Å²) in [5.74, 6) is -1.34. The zero-order chi connectivity index (χ0) is 9.14. The number of dihydropyridines is 1. The summed E-state index contributed by atoms with van der Waals surface area (Å²) in [6.07, 6.45) is 0.764. The summed E-state index contributed by atoms with van der Waals surface area (Å²) in [5, 5.41) is 13.5. The van der Waals surface area contributed by atoms with Crippen LogP contribution < -0.4 is 5.32 Å². The molecule has 66 valence electrons. The lowest BCUT2D eigenvalue weighted by atomic mass is 10.2. The minimum atomic E-state index is -0.756. The Kier molecular flexibility index (Phi) is 2.42. The van der Waals surface area contributed by atoms with Crippen LogP contribution in [0.4, 0.5) is 8.78 Å². The summed E-state index contributed by atoms with van der Waals surface area (Å²) in [6, 6.07) is 0. The first-order valence-corrected chi connectivity index (χ1v) is 3.34. The molecule has 0 spiro atoms. The molecule has 0 amide bonds. The van der Waals surface area contributed by atoms with Gasteiger partial charge >= 0.3 is 0 Å². The smallest absolute Gasteiger partial charge is 0.150 e. The number of nitrogens with one attached hydrogen (secondary N) is 1. The Morgan fingerprint density at radius 3 is 2.83 bits per heavy atom. The minimum Gasteiger partial charge on any atom is -0.411 e. The molecule has 0 aromatic rings. The van der Waals surface area contributed by atoms with Crippen LogP contribution in [0, 0.1) is 0 Å². The van der Waals surface area contributed by atoms with Gasteiger partial charge in [0.2, 0.25) is 0 Å². The van der Waals surface area contributed by atoms with Crippen LogP contribution >= 0.6 is 0 Å². The topological polar surface area (TPSA) is 44.6 Å². The molecular formula is C7H8F2N2O. The molecule has 12 heavy (non-hydrogen) atoms. The molecule has 0 saturated carbocycles. The third kappa shape index (κ3) is 1.61. The number of allylic oxidation sites excluding steroid dienone is 3. The van der Waals surface area contributed by atoms with Crippen molar-refractivity contribution in [2.75, 3.05) is 6.54 Å². The predicted molar refractivity (Wildman–Crippen MR) is 40.2 cm³/mol. The molecule has 2 N–H and O–H groups in total. The van der Waals surface area contributed by atoms with E-state index in [9.17, 15) is 8.78 Å². The molecular weight excluding hydrogens is 166 g/mol. The third-order valence-electron chi connectivity index (χ3n) is 1.47. The Morgan fingerprint density at radius 1 is 1.67 bits per heavy atom. The van der Waals surface area contributed by atoms with Gasteiger partial charge in [-0.05, 0) is 6.92 Å². The van der Waals surface area contributed by atoms with Gasteiger partial charge in [0, 0.05) is 6.08 Å². The van der Waals surface area contributed by atoms with Crippen LogP contribution in [-0.4, -0.2) is 17.5 Å². The monoisotopic (exact) mass is 174 g/mol. The molecule has 1 rings (SSSR count). The molecule has 5 heteroatoms. The maximum Gasteiger partial charge on any atom is 0.150 e. The molecule has 0 radical (unpaired) electrons. The Balaban J connectivity index is 2.98. The van der Waals surface area contributed by atoms with E-state index < -0.39 is 11.7 Å². The van der Waals surface area contributed by atoms with Crippen molar-refractivity contribution in [1.29, 1.82) is 0 Å². The van der Waals surface area contributed by atoms with Gasteiger partial charge in [0.15, 0.2) is 5.83 Å². The number of hydrogen-bond acceptors (Lipinski definition) is 3. The highest BCUT2D eigenvalue weighted by Crippen LogP contribution is 2.15. The van der Waals surface area contributed by atoms with Gasteiger partial charge in [0.1, 0.15) is 11.5 Å². The van der Waals surface area contributed by atoms with E-state index in [-0.39, 0.29) is 18.0 Å². The third-order valence-corrected chi connectivity index (χ3v) is 1.47. The summed E-state index contributed by atoms with van der Waals surface area (Å²) in [5.41, 5.74) is 0.121. The molecule has 3 nitrogen and oxygen atoms in total. The maximum atomic E-state index is 12.8. The van der Waals surface area contributed by atoms with E-state index in [0.29, 0.717) is 0 Å². The summed E-state index contributed by atoms with van der Waals surface area (Å²) in [4.78, 5) is 0. The standard InChI is InChI=1S/C7H8F2N2O/c1-4(11-12)7-6(9)2-5(8)3-10-7/h2,10,12H,3H2,1H3. The maximum absolute atomic E-state index is 12.8. The second-order valence-electron chi connectivity index (χ2n) is 2.35. The lowest BCUT2D eigenvalue weighted by Gasteiger charge is -2.13. The van der Waals surface area contributed by atoms with Crippen molar-refractivity contribution in [3.8, 4) is 0 Å². The van der Waals surface area contributed by atoms with Gasteiger partial charge in [-0.1, -0.05) is 5.16 Å². The lowest BCUT2D eigenvalue weighted by Crippen LogP contribution is -2.24. The Hall–Kier alpha value is -1.39. The second kappa shape index (κ2) is 3.34.